The average Bonchev–Trinajstić information content (AvgIpc) is 2.40. The molecular formula is C12H15N3O3S. The van der Waals surface area contributed by atoms with Crippen LogP contribution in [-0.2, 0) is 0 Å². The number of rotatable bonds is 6. The monoisotopic (exact) mass is 281 g/mol. The van der Waals surface area contributed by atoms with Gasteiger partial charge in [0.2, 0.25) is 0 Å². The molecule has 1 aromatic rings. The lowest BCUT2D eigenvalue weighted by atomic mass is 10.1. The highest BCUT2D eigenvalue weighted by molar-refractivity contribution is 7.99. The number of nitro benzene ring substituents is 1. The van der Waals surface area contributed by atoms with Crippen LogP contribution >= 0.6 is 11.8 Å². The van der Waals surface area contributed by atoms with Crippen molar-refractivity contribution in [2.24, 2.45) is 0 Å². The number of nitrogens with zero attached hydrogens (tertiary/aromatic N) is 2. The summed E-state index contributed by atoms with van der Waals surface area (Å²) in [6, 6.07) is 5.98. The molecule has 0 bridgehead atoms. The van der Waals surface area contributed by atoms with Crippen LogP contribution in [0.15, 0.2) is 18.2 Å². The molecule has 0 fully saturated rings. The molecule has 2 N–H and O–H groups in total. The van der Waals surface area contributed by atoms with Crippen LogP contribution in [0.3, 0.4) is 0 Å². The summed E-state index contributed by atoms with van der Waals surface area (Å²) in [6.45, 7) is 1.91. The van der Waals surface area contributed by atoms with Gasteiger partial charge in [-0.1, -0.05) is 0 Å². The quantitative estimate of drug-likeness (QED) is 0.611. The van der Waals surface area contributed by atoms with E-state index in [0.29, 0.717) is 5.69 Å². The Morgan fingerprint density at radius 1 is 1.63 bits per heavy atom. The number of aliphatic hydroxyl groups is 1. The number of aliphatic hydroxyl groups excluding tert-OH is 1. The molecule has 0 saturated carbocycles. The van der Waals surface area contributed by atoms with E-state index in [1.807, 2.05) is 19.2 Å². The molecule has 1 rings (SSSR count). The molecule has 0 spiro atoms. The fourth-order valence-corrected chi connectivity index (χ4v) is 2.26. The Morgan fingerprint density at radius 3 is 2.79 bits per heavy atom. The van der Waals surface area contributed by atoms with Gasteiger partial charge < -0.3 is 10.4 Å². The second-order valence-electron chi connectivity index (χ2n) is 3.99. The van der Waals surface area contributed by atoms with Gasteiger partial charge in [-0.3, -0.25) is 10.1 Å². The first-order chi connectivity index (χ1) is 9.03. The summed E-state index contributed by atoms with van der Waals surface area (Å²) in [5.41, 5.74) is 0.644. The van der Waals surface area contributed by atoms with Gasteiger partial charge >= 0.3 is 0 Å². The van der Waals surface area contributed by atoms with Crippen molar-refractivity contribution in [2.45, 2.75) is 18.2 Å². The third-order valence-electron chi connectivity index (χ3n) is 2.76. The van der Waals surface area contributed by atoms with Crippen molar-refractivity contribution < 1.29 is 10.0 Å². The predicted octanol–water partition coefficient (Wildman–Crippen LogP) is 1.99. The van der Waals surface area contributed by atoms with Gasteiger partial charge in [0.25, 0.3) is 5.69 Å². The van der Waals surface area contributed by atoms with E-state index in [0.717, 1.165) is 0 Å². The number of non-ortho nitro benzene ring substituents is 1. The lowest BCUT2D eigenvalue weighted by molar-refractivity contribution is -0.384. The van der Waals surface area contributed by atoms with Crippen LogP contribution in [0.4, 0.5) is 11.4 Å². The van der Waals surface area contributed by atoms with E-state index >= 15 is 0 Å². The van der Waals surface area contributed by atoms with Gasteiger partial charge in [-0.2, -0.15) is 17.0 Å². The Kier molecular flexibility index (Phi) is 5.60. The molecule has 6 nitrogen and oxygen atoms in total. The molecule has 2 atom stereocenters. The van der Waals surface area contributed by atoms with Crippen LogP contribution in [0.25, 0.3) is 0 Å². The third kappa shape index (κ3) is 3.84. The molecule has 19 heavy (non-hydrogen) atoms. The van der Waals surface area contributed by atoms with Gasteiger partial charge in [-0.15, -0.1) is 0 Å². The number of nitro groups is 1. The van der Waals surface area contributed by atoms with Crippen molar-refractivity contribution in [2.75, 3.05) is 18.2 Å². The van der Waals surface area contributed by atoms with Crippen LogP contribution in [0.5, 0.6) is 0 Å². The highest BCUT2D eigenvalue weighted by Gasteiger charge is 2.17. The number of thioether (sulfide) groups is 1. The summed E-state index contributed by atoms with van der Waals surface area (Å²) in [6.07, 6.45) is 1.89. The van der Waals surface area contributed by atoms with Crippen molar-refractivity contribution in [1.29, 1.82) is 5.26 Å². The second-order valence-corrected chi connectivity index (χ2v) is 5.07. The lowest BCUT2D eigenvalue weighted by Gasteiger charge is -2.22. The van der Waals surface area contributed by atoms with Gasteiger partial charge in [0.15, 0.2) is 0 Å². The van der Waals surface area contributed by atoms with Crippen LogP contribution < -0.4 is 5.32 Å². The Balaban J connectivity index is 2.96. The van der Waals surface area contributed by atoms with Gasteiger partial charge in [0.05, 0.1) is 22.8 Å². The summed E-state index contributed by atoms with van der Waals surface area (Å²) >= 11 is 1.52. The number of nitrogens with one attached hydrogen (secondary N) is 1. The first-order valence-corrected chi connectivity index (χ1v) is 6.91. The fraction of sp³-hybridized carbons (Fsp3) is 0.417. The summed E-state index contributed by atoms with van der Waals surface area (Å²) in [4.78, 5) is 10.1. The molecule has 0 aliphatic carbocycles. The number of hydrogen-bond acceptors (Lipinski definition) is 6. The Morgan fingerprint density at radius 2 is 2.32 bits per heavy atom. The number of nitriles is 1. The van der Waals surface area contributed by atoms with Crippen molar-refractivity contribution >= 4 is 23.1 Å². The molecule has 0 aliphatic heterocycles. The SMILES string of the molecule is CSC(CO)C(C)Nc1ccc([N+](=O)[O-])cc1C#N. The summed E-state index contributed by atoms with van der Waals surface area (Å²) in [5.74, 6) is 0. The predicted molar refractivity (Wildman–Crippen MR) is 75.3 cm³/mol. The van der Waals surface area contributed by atoms with Gasteiger partial charge in [-0.05, 0) is 19.2 Å². The van der Waals surface area contributed by atoms with Gasteiger partial charge in [0, 0.05) is 23.4 Å². The number of benzene rings is 1. The average molecular weight is 281 g/mol. The maximum absolute atomic E-state index is 10.6. The van der Waals surface area contributed by atoms with E-state index in [-0.39, 0.29) is 29.1 Å². The molecule has 0 saturated heterocycles. The standard InChI is InChI=1S/C12H15N3O3S/c1-8(12(7-16)19-2)14-11-4-3-10(15(17)18)5-9(11)6-13/h3-5,8,12,14,16H,7H2,1-2H3. The summed E-state index contributed by atoms with van der Waals surface area (Å²) in [5, 5.41) is 32.0. The largest absolute Gasteiger partial charge is 0.395 e. The van der Waals surface area contributed by atoms with E-state index in [9.17, 15) is 15.2 Å². The topological polar surface area (TPSA) is 99.2 Å². The van der Waals surface area contributed by atoms with E-state index in [4.69, 9.17) is 5.26 Å². The molecule has 0 amide bonds. The van der Waals surface area contributed by atoms with E-state index in [2.05, 4.69) is 5.32 Å². The van der Waals surface area contributed by atoms with Crippen LogP contribution in [0.1, 0.15) is 12.5 Å². The van der Waals surface area contributed by atoms with Gasteiger partial charge in [0.1, 0.15) is 6.07 Å². The fourth-order valence-electron chi connectivity index (χ4n) is 1.64. The number of hydrogen-bond donors (Lipinski definition) is 2. The zero-order valence-corrected chi connectivity index (χ0v) is 11.5. The van der Waals surface area contributed by atoms with Crippen molar-refractivity contribution in [3.8, 4) is 6.07 Å². The molecule has 7 heteroatoms. The maximum Gasteiger partial charge on any atom is 0.270 e. The highest BCUT2D eigenvalue weighted by Crippen LogP contribution is 2.23. The highest BCUT2D eigenvalue weighted by atomic mass is 32.2. The molecule has 0 aromatic heterocycles. The zero-order valence-electron chi connectivity index (χ0n) is 10.7. The van der Waals surface area contributed by atoms with Crippen molar-refractivity contribution in [3.05, 3.63) is 33.9 Å². The van der Waals surface area contributed by atoms with E-state index < -0.39 is 4.92 Å². The van der Waals surface area contributed by atoms with E-state index in [1.165, 1.54) is 30.0 Å². The van der Waals surface area contributed by atoms with Gasteiger partial charge in [-0.25, -0.2) is 0 Å². The number of anilines is 1. The minimum absolute atomic E-state index is 0.0123. The summed E-state index contributed by atoms with van der Waals surface area (Å²) in [7, 11) is 0. The Labute approximate surface area is 115 Å². The van der Waals surface area contributed by atoms with Crippen LogP contribution in [0, 0.1) is 21.4 Å². The molecule has 1 aromatic carbocycles. The molecule has 102 valence electrons. The minimum atomic E-state index is -0.535. The van der Waals surface area contributed by atoms with E-state index in [1.54, 1.807) is 0 Å². The second kappa shape index (κ2) is 6.97. The first-order valence-electron chi connectivity index (χ1n) is 5.62. The Bertz CT molecular complexity index is 497. The molecule has 0 radical (unpaired) electrons. The smallest absolute Gasteiger partial charge is 0.270 e. The van der Waals surface area contributed by atoms with Crippen molar-refractivity contribution in [1.82, 2.24) is 0 Å². The molecule has 2 unspecified atom stereocenters. The molecule has 0 heterocycles. The lowest BCUT2D eigenvalue weighted by Crippen LogP contribution is -2.31. The molecule has 0 aliphatic rings. The Hall–Kier alpha value is -1.78. The molecular weight excluding hydrogens is 266 g/mol. The van der Waals surface area contributed by atoms with Crippen LogP contribution in [0.2, 0.25) is 0 Å². The first kappa shape index (κ1) is 15.3. The van der Waals surface area contributed by atoms with Crippen LogP contribution in [-0.4, -0.2) is 34.2 Å². The van der Waals surface area contributed by atoms with Crippen molar-refractivity contribution in [3.63, 3.8) is 0 Å². The third-order valence-corrected chi connectivity index (χ3v) is 3.92. The summed E-state index contributed by atoms with van der Waals surface area (Å²) < 4.78 is 0. The maximum atomic E-state index is 10.6. The zero-order chi connectivity index (χ0) is 14.4. The normalized spacial score (nSPS) is 13.4. The minimum Gasteiger partial charge on any atom is -0.395 e.